The highest BCUT2D eigenvalue weighted by Crippen LogP contribution is 2.18. The van der Waals surface area contributed by atoms with E-state index in [1.54, 1.807) is 12.1 Å². The summed E-state index contributed by atoms with van der Waals surface area (Å²) in [6.45, 7) is 4.50. The number of morpholine rings is 1. The summed E-state index contributed by atoms with van der Waals surface area (Å²) in [6.07, 6.45) is 0.163. The van der Waals surface area contributed by atoms with Crippen molar-refractivity contribution in [2.24, 2.45) is 0 Å². The molecule has 2 aliphatic rings. The lowest BCUT2D eigenvalue weighted by atomic mass is 10.2. The number of carbonyl (C=O) groups is 1. The summed E-state index contributed by atoms with van der Waals surface area (Å²) in [5.41, 5.74) is 0.827. The summed E-state index contributed by atoms with van der Waals surface area (Å²) >= 11 is 0. The fourth-order valence-corrected chi connectivity index (χ4v) is 5.04. The molecule has 1 aromatic carbocycles. The number of hydrogen-bond donors (Lipinski definition) is 1. The van der Waals surface area contributed by atoms with E-state index < -0.39 is 21.8 Å². The molecule has 0 aromatic heterocycles. The lowest BCUT2D eigenvalue weighted by Crippen LogP contribution is -2.51. The monoisotopic (exact) mass is 454 g/mol. The highest BCUT2D eigenvalue weighted by molar-refractivity contribution is 7.89. The molecule has 1 atom stereocenters. The van der Waals surface area contributed by atoms with E-state index in [4.69, 9.17) is 4.74 Å². The second-order valence-electron chi connectivity index (χ2n) is 7.35. The number of piperazine rings is 1. The van der Waals surface area contributed by atoms with E-state index in [-0.39, 0.29) is 25.3 Å². The molecule has 9 nitrogen and oxygen atoms in total. The number of amides is 1. The average Bonchev–Trinajstić information content (AvgIpc) is 2.79. The van der Waals surface area contributed by atoms with Crippen LogP contribution in [-0.2, 0) is 19.6 Å². The maximum absolute atomic E-state index is 13.1. The molecule has 2 aliphatic heterocycles. The van der Waals surface area contributed by atoms with Crippen molar-refractivity contribution in [2.75, 3.05) is 69.7 Å². The Morgan fingerprint density at radius 3 is 2.39 bits per heavy atom. The van der Waals surface area contributed by atoms with Crippen LogP contribution in [0.2, 0.25) is 0 Å². The first-order valence-electron chi connectivity index (χ1n) is 10.1. The second kappa shape index (κ2) is 10.9. The van der Waals surface area contributed by atoms with Crippen molar-refractivity contribution in [3.63, 3.8) is 0 Å². The Balaban J connectivity index is 1.58. The Kier molecular flexibility index (Phi) is 8.22. The van der Waals surface area contributed by atoms with E-state index in [0.29, 0.717) is 37.9 Å². The van der Waals surface area contributed by atoms with Crippen molar-refractivity contribution in [1.82, 2.24) is 14.3 Å². The third-order valence-electron chi connectivity index (χ3n) is 5.29. The fourth-order valence-electron chi connectivity index (χ4n) is 3.47. The number of benzene rings is 1. The van der Waals surface area contributed by atoms with Gasteiger partial charge in [-0.3, -0.25) is 14.9 Å². The van der Waals surface area contributed by atoms with Gasteiger partial charge in [0.05, 0.1) is 25.5 Å². The average molecular weight is 455 g/mol. The van der Waals surface area contributed by atoms with Gasteiger partial charge in [-0.25, -0.2) is 17.9 Å². The summed E-state index contributed by atoms with van der Waals surface area (Å²) in [4.78, 5) is 15.1. The largest absolute Gasteiger partial charge is 0.379 e. The number of hydrogen-bond acceptors (Lipinski definition) is 7. The van der Waals surface area contributed by atoms with E-state index in [2.05, 4.69) is 16.7 Å². The van der Waals surface area contributed by atoms with Gasteiger partial charge in [0.25, 0.3) is 0 Å². The van der Waals surface area contributed by atoms with Crippen molar-refractivity contribution in [3.05, 3.63) is 30.1 Å². The van der Waals surface area contributed by atoms with Gasteiger partial charge in [0, 0.05) is 45.0 Å². The number of rotatable bonds is 7. The predicted octanol–water partition coefficient (Wildman–Crippen LogP) is -0.171. The van der Waals surface area contributed by atoms with Gasteiger partial charge in [-0.05, 0) is 24.3 Å². The van der Waals surface area contributed by atoms with Crippen LogP contribution in [0.25, 0.3) is 0 Å². The van der Waals surface area contributed by atoms with E-state index in [1.165, 1.54) is 16.4 Å². The minimum Gasteiger partial charge on any atom is -0.379 e. The summed E-state index contributed by atoms with van der Waals surface area (Å²) in [5, 5.41) is 10.1. The Bertz CT molecular complexity index is 888. The molecule has 1 amide bonds. The molecule has 1 aromatic rings. The molecule has 2 saturated heterocycles. The van der Waals surface area contributed by atoms with E-state index in [0.717, 1.165) is 18.8 Å². The van der Waals surface area contributed by atoms with Crippen molar-refractivity contribution in [3.8, 4) is 11.8 Å². The molecule has 3 rings (SSSR count). The van der Waals surface area contributed by atoms with Crippen LogP contribution in [0.15, 0.2) is 24.3 Å². The first-order valence-corrected chi connectivity index (χ1v) is 11.7. The van der Waals surface area contributed by atoms with Gasteiger partial charge >= 0.3 is 0 Å². The van der Waals surface area contributed by atoms with Crippen LogP contribution in [0, 0.1) is 17.7 Å². The van der Waals surface area contributed by atoms with Crippen LogP contribution in [0.3, 0.4) is 0 Å². The lowest BCUT2D eigenvalue weighted by molar-refractivity contribution is -0.153. The third-order valence-corrected chi connectivity index (χ3v) is 7.18. The Labute approximate surface area is 182 Å². The first kappa shape index (κ1) is 23.4. The lowest BCUT2D eigenvalue weighted by Gasteiger charge is -2.36. The van der Waals surface area contributed by atoms with Crippen LogP contribution < -0.4 is 4.90 Å². The summed E-state index contributed by atoms with van der Waals surface area (Å²) in [5.74, 6) is 4.76. The van der Waals surface area contributed by atoms with E-state index in [1.807, 2.05) is 4.90 Å². The van der Waals surface area contributed by atoms with Gasteiger partial charge in [0.1, 0.15) is 11.9 Å². The molecule has 0 bridgehead atoms. The number of sulfonamides is 1. The van der Waals surface area contributed by atoms with Gasteiger partial charge in [0.15, 0.2) is 0 Å². The van der Waals surface area contributed by atoms with Crippen LogP contribution in [0.5, 0.6) is 0 Å². The maximum atomic E-state index is 13.1. The quantitative estimate of drug-likeness (QED) is 0.265. The zero-order valence-electron chi connectivity index (χ0n) is 17.2. The van der Waals surface area contributed by atoms with Crippen molar-refractivity contribution < 1.29 is 27.5 Å². The molecular formula is C20H27FN4O5S. The first-order chi connectivity index (χ1) is 14.9. The molecule has 0 aliphatic carbocycles. The standard InChI is InChI=1S/C20H27FN4O5S/c21-18-3-5-19(6-4-18)23-8-10-24(11-9-23)31(28,29)16-20(25(27)17-26)2-1-7-22-12-14-30-15-13-22/h3-6,17,20,27H,7-16H2. The number of anilines is 1. The Morgan fingerprint density at radius 1 is 1.13 bits per heavy atom. The number of hydroxylamine groups is 2. The minimum absolute atomic E-state index is 0.163. The van der Waals surface area contributed by atoms with Crippen molar-refractivity contribution >= 4 is 22.1 Å². The highest BCUT2D eigenvalue weighted by Gasteiger charge is 2.31. The number of carbonyl (C=O) groups excluding carboxylic acids is 1. The van der Waals surface area contributed by atoms with Crippen molar-refractivity contribution in [2.45, 2.75) is 6.04 Å². The zero-order valence-corrected chi connectivity index (χ0v) is 18.0. The summed E-state index contributed by atoms with van der Waals surface area (Å²) in [6, 6.07) is 4.90. The summed E-state index contributed by atoms with van der Waals surface area (Å²) in [7, 11) is -3.76. The SMILES string of the molecule is O=CN(O)C(C#CCN1CCOCC1)CS(=O)(=O)N1CCN(c2ccc(F)cc2)CC1. The van der Waals surface area contributed by atoms with E-state index >= 15 is 0 Å². The minimum atomic E-state index is -3.76. The van der Waals surface area contributed by atoms with Gasteiger partial charge in [-0.2, -0.15) is 4.31 Å². The third kappa shape index (κ3) is 6.62. The molecule has 170 valence electrons. The Hall–Kier alpha value is -2.23. The van der Waals surface area contributed by atoms with Crippen LogP contribution >= 0.6 is 0 Å². The molecule has 11 heteroatoms. The summed E-state index contributed by atoms with van der Waals surface area (Å²) < 4.78 is 45.5. The van der Waals surface area contributed by atoms with Crippen LogP contribution in [-0.4, -0.2) is 105 Å². The predicted molar refractivity (Wildman–Crippen MR) is 112 cm³/mol. The zero-order chi connectivity index (χ0) is 22.3. The number of nitrogens with zero attached hydrogens (tertiary/aromatic N) is 4. The fraction of sp³-hybridized carbons (Fsp3) is 0.550. The highest BCUT2D eigenvalue weighted by atomic mass is 32.2. The van der Waals surface area contributed by atoms with Gasteiger partial charge in [0.2, 0.25) is 16.4 Å². The Morgan fingerprint density at radius 2 is 1.77 bits per heavy atom. The van der Waals surface area contributed by atoms with Gasteiger partial charge in [-0.1, -0.05) is 11.8 Å². The smallest absolute Gasteiger partial charge is 0.234 e. The van der Waals surface area contributed by atoms with Gasteiger partial charge in [-0.15, -0.1) is 0 Å². The molecule has 2 fully saturated rings. The van der Waals surface area contributed by atoms with Crippen molar-refractivity contribution in [1.29, 1.82) is 0 Å². The molecule has 2 heterocycles. The van der Waals surface area contributed by atoms with Crippen LogP contribution in [0.1, 0.15) is 0 Å². The molecule has 31 heavy (non-hydrogen) atoms. The number of ether oxygens (including phenoxy) is 1. The molecule has 1 unspecified atom stereocenters. The van der Waals surface area contributed by atoms with E-state index in [9.17, 15) is 22.8 Å². The molecular weight excluding hydrogens is 427 g/mol. The maximum Gasteiger partial charge on any atom is 0.234 e. The molecule has 1 N–H and O–H groups in total. The van der Waals surface area contributed by atoms with Gasteiger partial charge < -0.3 is 9.64 Å². The van der Waals surface area contributed by atoms with Crippen LogP contribution in [0.4, 0.5) is 10.1 Å². The molecule has 0 spiro atoms. The molecule has 0 radical (unpaired) electrons. The topological polar surface area (TPSA) is 93.6 Å². The second-order valence-corrected chi connectivity index (χ2v) is 9.37. The normalized spacial score (nSPS) is 19.4. The molecule has 0 saturated carbocycles. The number of halogens is 1.